The lowest BCUT2D eigenvalue weighted by Crippen LogP contribution is -1.81. The average molecular weight is 201 g/mol. The Morgan fingerprint density at radius 3 is 3.00 bits per heavy atom. The lowest BCUT2D eigenvalue weighted by atomic mass is 10.3. The monoisotopic (exact) mass is 201 g/mol. The van der Waals surface area contributed by atoms with Crippen molar-refractivity contribution in [3.05, 3.63) is 40.6 Å². The lowest BCUT2D eigenvalue weighted by molar-refractivity contribution is 0.487. The first-order valence-corrected chi connectivity index (χ1v) is 5.20. The normalized spacial score (nSPS) is 12.6. The summed E-state index contributed by atoms with van der Waals surface area (Å²) in [6.07, 6.45) is 1.85. The van der Waals surface area contributed by atoms with Gasteiger partial charge in [-0.1, -0.05) is 12.1 Å². The summed E-state index contributed by atoms with van der Waals surface area (Å²) in [5.74, 6) is 1.71. The topological polar surface area (TPSA) is 21.6 Å². The molecule has 0 N–H and O–H groups in total. The van der Waals surface area contributed by atoms with Crippen LogP contribution in [0.15, 0.2) is 40.7 Å². The van der Waals surface area contributed by atoms with Crippen LogP contribution in [0, 0.1) is 0 Å². The Bertz CT molecular complexity index is 501. The molecule has 0 bridgehead atoms. The van der Waals surface area contributed by atoms with E-state index in [0.717, 1.165) is 22.1 Å². The highest BCUT2D eigenvalue weighted by Gasteiger charge is 2.11. The second-order valence-corrected chi connectivity index (χ2v) is 3.92. The van der Waals surface area contributed by atoms with Crippen LogP contribution in [0.2, 0.25) is 0 Å². The number of hydrogen-bond acceptors (Lipinski definition) is 3. The van der Waals surface area contributed by atoms with Crippen molar-refractivity contribution in [1.82, 2.24) is 0 Å². The molecule has 2 heterocycles. The van der Waals surface area contributed by atoms with Gasteiger partial charge in [-0.2, -0.15) is 0 Å². The van der Waals surface area contributed by atoms with E-state index in [9.17, 15) is 0 Å². The van der Waals surface area contributed by atoms with Gasteiger partial charge >= 0.3 is 0 Å². The summed E-state index contributed by atoms with van der Waals surface area (Å²) in [7, 11) is 0. The fraction of sp³-hybridized carbons (Fsp3) is 0. The van der Waals surface area contributed by atoms with Crippen molar-refractivity contribution >= 4 is 23.2 Å². The summed E-state index contributed by atoms with van der Waals surface area (Å²) in [5, 5.41) is 2.00. The van der Waals surface area contributed by atoms with Crippen LogP contribution in [-0.2, 0) is 0 Å². The fourth-order valence-electron chi connectivity index (χ4n) is 1.38. The molecule has 0 fully saturated rings. The van der Waals surface area contributed by atoms with Crippen LogP contribution in [-0.4, -0.2) is 6.21 Å². The number of rotatable bonds is 0. The van der Waals surface area contributed by atoms with Gasteiger partial charge in [0.15, 0.2) is 5.75 Å². The van der Waals surface area contributed by atoms with E-state index in [-0.39, 0.29) is 0 Å². The van der Waals surface area contributed by atoms with Gasteiger partial charge in [0.2, 0.25) is 0 Å². The summed E-state index contributed by atoms with van der Waals surface area (Å²) < 4.78 is 5.73. The van der Waals surface area contributed by atoms with Crippen LogP contribution >= 0.6 is 11.3 Å². The third-order valence-corrected chi connectivity index (χ3v) is 2.90. The molecule has 2 nitrogen and oxygen atoms in total. The van der Waals surface area contributed by atoms with E-state index < -0.39 is 0 Å². The van der Waals surface area contributed by atoms with E-state index in [2.05, 4.69) is 4.99 Å². The summed E-state index contributed by atoms with van der Waals surface area (Å²) in [6.45, 7) is 0. The minimum Gasteiger partial charge on any atom is -0.454 e. The number of hydrogen-bond donors (Lipinski definition) is 0. The van der Waals surface area contributed by atoms with Gasteiger partial charge in [0.25, 0.3) is 0 Å². The molecule has 0 saturated carbocycles. The van der Waals surface area contributed by atoms with Gasteiger partial charge in [-0.25, -0.2) is 0 Å². The number of aliphatic imine (C=N–C) groups is 1. The molecular formula is C11H7NOS. The van der Waals surface area contributed by atoms with E-state index >= 15 is 0 Å². The molecule has 14 heavy (non-hydrogen) atoms. The second-order valence-electron chi connectivity index (χ2n) is 2.98. The minimum atomic E-state index is 0.820. The van der Waals surface area contributed by atoms with E-state index in [0.29, 0.717) is 0 Å². The Kier molecular flexibility index (Phi) is 1.64. The van der Waals surface area contributed by atoms with Gasteiger partial charge in [0, 0.05) is 6.21 Å². The number of nitrogens with zero attached hydrogens (tertiary/aromatic N) is 1. The van der Waals surface area contributed by atoms with Crippen molar-refractivity contribution in [1.29, 1.82) is 0 Å². The number of ether oxygens (including phenoxy) is 1. The Hall–Kier alpha value is -1.61. The van der Waals surface area contributed by atoms with Crippen molar-refractivity contribution in [2.45, 2.75) is 0 Å². The van der Waals surface area contributed by atoms with E-state index in [1.165, 1.54) is 0 Å². The van der Waals surface area contributed by atoms with Gasteiger partial charge in [0.05, 0.1) is 4.88 Å². The summed E-state index contributed by atoms with van der Waals surface area (Å²) in [4.78, 5) is 5.43. The molecular weight excluding hydrogens is 194 g/mol. The van der Waals surface area contributed by atoms with Crippen LogP contribution in [0.1, 0.15) is 4.88 Å². The highest BCUT2D eigenvalue weighted by molar-refractivity contribution is 7.12. The van der Waals surface area contributed by atoms with Gasteiger partial charge in [-0.05, 0) is 23.6 Å². The van der Waals surface area contributed by atoms with Crippen molar-refractivity contribution < 1.29 is 4.74 Å². The maximum atomic E-state index is 5.73. The van der Waals surface area contributed by atoms with Crippen LogP contribution in [0.3, 0.4) is 0 Å². The second kappa shape index (κ2) is 2.96. The molecule has 1 aliphatic rings. The third kappa shape index (κ3) is 1.14. The average Bonchev–Trinajstić information content (AvgIpc) is 2.58. The first kappa shape index (κ1) is 7.76. The lowest BCUT2D eigenvalue weighted by Gasteiger charge is -2.03. The third-order valence-electron chi connectivity index (χ3n) is 2.06. The molecule has 1 aliphatic heterocycles. The SMILES string of the molecule is C1=Nc2ccccc2Oc2ccsc21. The number of benzene rings is 1. The fourth-order valence-corrected chi connectivity index (χ4v) is 2.06. The van der Waals surface area contributed by atoms with Gasteiger partial charge < -0.3 is 4.74 Å². The van der Waals surface area contributed by atoms with Crippen molar-refractivity contribution in [2.75, 3.05) is 0 Å². The number of thiophene rings is 1. The summed E-state index contributed by atoms with van der Waals surface area (Å²) in [6, 6.07) is 9.75. The zero-order valence-corrected chi connectivity index (χ0v) is 8.12. The Morgan fingerprint density at radius 2 is 2.00 bits per heavy atom. The molecule has 3 heteroatoms. The van der Waals surface area contributed by atoms with Crippen LogP contribution in [0.5, 0.6) is 11.5 Å². The Morgan fingerprint density at radius 1 is 1.07 bits per heavy atom. The first-order chi connectivity index (χ1) is 6.93. The molecule has 1 aromatic carbocycles. The van der Waals surface area contributed by atoms with Crippen LogP contribution in [0.25, 0.3) is 0 Å². The maximum Gasteiger partial charge on any atom is 0.153 e. The minimum absolute atomic E-state index is 0.820. The van der Waals surface area contributed by atoms with Crippen LogP contribution in [0.4, 0.5) is 5.69 Å². The molecule has 68 valence electrons. The molecule has 0 saturated heterocycles. The predicted octanol–water partition coefficient (Wildman–Crippen LogP) is 3.60. The molecule has 0 unspecified atom stereocenters. The summed E-state index contributed by atoms with van der Waals surface area (Å²) >= 11 is 1.64. The Labute approximate surface area is 85.5 Å². The van der Waals surface area contributed by atoms with Crippen LogP contribution < -0.4 is 4.74 Å². The molecule has 0 spiro atoms. The quantitative estimate of drug-likeness (QED) is 0.544. The Balaban J connectivity index is 2.19. The van der Waals surface area contributed by atoms with Crippen molar-refractivity contribution in [3.63, 3.8) is 0 Å². The zero-order valence-electron chi connectivity index (χ0n) is 7.31. The zero-order chi connectivity index (χ0) is 9.38. The molecule has 3 rings (SSSR count). The molecule has 2 aromatic rings. The molecule has 0 aliphatic carbocycles. The van der Waals surface area contributed by atoms with E-state index in [1.807, 2.05) is 41.9 Å². The van der Waals surface area contributed by atoms with E-state index in [1.54, 1.807) is 11.3 Å². The largest absolute Gasteiger partial charge is 0.454 e. The summed E-state index contributed by atoms with van der Waals surface area (Å²) in [5.41, 5.74) is 0.885. The van der Waals surface area contributed by atoms with Gasteiger partial charge in [-0.15, -0.1) is 11.3 Å². The molecule has 1 aromatic heterocycles. The smallest absolute Gasteiger partial charge is 0.153 e. The maximum absolute atomic E-state index is 5.73. The highest BCUT2D eigenvalue weighted by Crippen LogP contribution is 2.37. The standard InChI is InChI=1S/C11H7NOS/c1-2-4-9-8(3-1)12-7-11-10(13-9)5-6-14-11/h1-7H. The van der Waals surface area contributed by atoms with Gasteiger partial charge in [-0.3, -0.25) is 4.99 Å². The van der Waals surface area contributed by atoms with E-state index in [4.69, 9.17) is 4.74 Å². The predicted molar refractivity (Wildman–Crippen MR) is 58.1 cm³/mol. The number of para-hydroxylation sites is 2. The van der Waals surface area contributed by atoms with Crippen molar-refractivity contribution in [3.8, 4) is 11.5 Å². The number of fused-ring (bicyclic) bond motifs is 2. The highest BCUT2D eigenvalue weighted by atomic mass is 32.1. The first-order valence-electron chi connectivity index (χ1n) is 4.32. The van der Waals surface area contributed by atoms with Crippen molar-refractivity contribution in [2.24, 2.45) is 4.99 Å². The molecule has 0 radical (unpaired) electrons. The molecule has 0 amide bonds. The molecule has 0 atom stereocenters. The van der Waals surface area contributed by atoms with Gasteiger partial charge in [0.1, 0.15) is 11.4 Å².